The van der Waals surface area contributed by atoms with Crippen LogP contribution in [-0.4, -0.2) is 49.1 Å². The molecule has 0 aliphatic carbocycles. The zero-order valence-corrected chi connectivity index (χ0v) is 25.7. The Kier molecular flexibility index (Phi) is 9.42. The number of likely N-dealkylation sites (N-methyl/N-ethyl adjacent to an activating group) is 1. The molecule has 0 amide bonds. The molecule has 4 aromatic carbocycles. The first-order chi connectivity index (χ1) is 20.0. The van der Waals surface area contributed by atoms with E-state index in [1.807, 2.05) is 0 Å². The number of piperidine rings is 1. The van der Waals surface area contributed by atoms with Gasteiger partial charge < -0.3 is 9.80 Å². The molecular formula is C39H48N2. The highest BCUT2D eigenvalue weighted by Gasteiger charge is 2.40. The minimum absolute atomic E-state index is 0.201. The molecule has 0 spiro atoms. The highest BCUT2D eigenvalue weighted by molar-refractivity contribution is 5.54. The van der Waals surface area contributed by atoms with Crippen LogP contribution in [0.15, 0.2) is 109 Å². The predicted octanol–water partition coefficient (Wildman–Crippen LogP) is 8.40. The first-order valence-corrected chi connectivity index (χ1v) is 15.7. The number of nitrogens with zero attached hydrogens (tertiary/aromatic N) is 2. The van der Waals surface area contributed by atoms with Gasteiger partial charge in [0.1, 0.15) is 0 Å². The summed E-state index contributed by atoms with van der Waals surface area (Å²) in [7, 11) is 0. The molecule has 5 rings (SSSR count). The van der Waals surface area contributed by atoms with Gasteiger partial charge in [-0.2, -0.15) is 0 Å². The fourth-order valence-corrected chi connectivity index (χ4v) is 7.30. The summed E-state index contributed by atoms with van der Waals surface area (Å²) in [5.74, 6) is 0. The third-order valence-corrected chi connectivity index (χ3v) is 10.0. The van der Waals surface area contributed by atoms with Crippen molar-refractivity contribution in [2.24, 2.45) is 0 Å². The van der Waals surface area contributed by atoms with Crippen molar-refractivity contribution in [2.75, 3.05) is 39.3 Å². The van der Waals surface area contributed by atoms with E-state index in [4.69, 9.17) is 0 Å². The Hall–Kier alpha value is -3.20. The molecule has 1 aliphatic heterocycles. The lowest BCUT2D eigenvalue weighted by Gasteiger charge is -2.46. The van der Waals surface area contributed by atoms with Gasteiger partial charge in [-0.3, -0.25) is 0 Å². The van der Waals surface area contributed by atoms with Gasteiger partial charge in [-0.15, -0.1) is 0 Å². The average molecular weight is 545 g/mol. The number of hydrogen-bond donors (Lipinski definition) is 0. The SMILES string of the molecule is CCN(CC)CC1(c2ccccc2)CCN(CCC(c2ccccc2)(c2ccccc2)c2cccc(C)c2C)CC1. The summed E-state index contributed by atoms with van der Waals surface area (Å²) in [5, 5.41) is 0. The van der Waals surface area contributed by atoms with Gasteiger partial charge >= 0.3 is 0 Å². The van der Waals surface area contributed by atoms with Crippen LogP contribution in [0.3, 0.4) is 0 Å². The fourth-order valence-electron chi connectivity index (χ4n) is 7.30. The Labute approximate surface area is 249 Å². The number of benzene rings is 4. The van der Waals surface area contributed by atoms with Crippen LogP contribution in [-0.2, 0) is 10.8 Å². The molecule has 0 aromatic heterocycles. The van der Waals surface area contributed by atoms with Crippen LogP contribution < -0.4 is 0 Å². The minimum atomic E-state index is -0.201. The standard InChI is InChI=1S/C39H48N2/c1-5-40(6-2)31-38(34-18-10-7-11-19-34)25-28-41(29-26-38)30-27-39(35-20-12-8-13-21-35,36-22-14-9-15-23-36)37-24-16-17-32(3)33(37)4/h7-24H,5-6,25-31H2,1-4H3. The molecule has 1 fully saturated rings. The van der Waals surface area contributed by atoms with E-state index in [-0.39, 0.29) is 10.8 Å². The quantitative estimate of drug-likeness (QED) is 0.175. The van der Waals surface area contributed by atoms with Gasteiger partial charge in [-0.25, -0.2) is 0 Å². The summed E-state index contributed by atoms with van der Waals surface area (Å²) in [6.45, 7) is 15.9. The normalized spacial score (nSPS) is 15.7. The highest BCUT2D eigenvalue weighted by atomic mass is 15.2. The second kappa shape index (κ2) is 13.2. The van der Waals surface area contributed by atoms with Crippen molar-refractivity contribution in [3.05, 3.63) is 143 Å². The van der Waals surface area contributed by atoms with Crippen molar-refractivity contribution in [2.45, 2.75) is 57.8 Å². The molecule has 1 heterocycles. The van der Waals surface area contributed by atoms with Crippen molar-refractivity contribution < 1.29 is 0 Å². The van der Waals surface area contributed by atoms with E-state index in [0.29, 0.717) is 0 Å². The summed E-state index contributed by atoms with van der Waals surface area (Å²) < 4.78 is 0. The maximum absolute atomic E-state index is 2.75. The monoisotopic (exact) mass is 544 g/mol. The smallest absolute Gasteiger partial charge is 0.0466 e. The van der Waals surface area contributed by atoms with E-state index in [1.165, 1.54) is 46.2 Å². The van der Waals surface area contributed by atoms with Crippen LogP contribution in [0.2, 0.25) is 0 Å². The molecule has 0 radical (unpaired) electrons. The van der Waals surface area contributed by atoms with Gasteiger partial charge in [0.05, 0.1) is 0 Å². The molecule has 41 heavy (non-hydrogen) atoms. The summed E-state index contributed by atoms with van der Waals surface area (Å²) in [4.78, 5) is 5.37. The third-order valence-electron chi connectivity index (χ3n) is 10.0. The van der Waals surface area contributed by atoms with Crippen LogP contribution in [0.5, 0.6) is 0 Å². The number of likely N-dealkylation sites (tertiary alicyclic amines) is 1. The second-order valence-electron chi connectivity index (χ2n) is 12.1. The van der Waals surface area contributed by atoms with Gasteiger partial charge in [0.15, 0.2) is 0 Å². The maximum Gasteiger partial charge on any atom is 0.0466 e. The first-order valence-electron chi connectivity index (χ1n) is 15.7. The summed E-state index contributed by atoms with van der Waals surface area (Å²) >= 11 is 0. The van der Waals surface area contributed by atoms with Gasteiger partial charge in [0, 0.05) is 17.4 Å². The molecular weight excluding hydrogens is 496 g/mol. The Balaban J connectivity index is 1.47. The summed E-state index contributed by atoms with van der Waals surface area (Å²) in [6.07, 6.45) is 3.47. The second-order valence-corrected chi connectivity index (χ2v) is 12.1. The lowest BCUT2D eigenvalue weighted by atomic mass is 9.65. The van der Waals surface area contributed by atoms with E-state index in [2.05, 4.69) is 147 Å². The molecule has 2 nitrogen and oxygen atoms in total. The van der Waals surface area contributed by atoms with Crippen LogP contribution in [0.1, 0.15) is 66.5 Å². The summed E-state index contributed by atoms with van der Waals surface area (Å²) in [5.41, 5.74) is 8.52. The molecule has 2 heteroatoms. The third kappa shape index (κ3) is 6.05. The van der Waals surface area contributed by atoms with E-state index in [0.717, 1.165) is 45.7 Å². The van der Waals surface area contributed by atoms with Crippen molar-refractivity contribution in [3.63, 3.8) is 0 Å². The van der Waals surface area contributed by atoms with Gasteiger partial charge in [0.25, 0.3) is 0 Å². The largest absolute Gasteiger partial charge is 0.303 e. The molecule has 0 N–H and O–H groups in total. The zero-order chi connectivity index (χ0) is 28.7. The minimum Gasteiger partial charge on any atom is -0.303 e. The molecule has 1 saturated heterocycles. The molecule has 0 atom stereocenters. The highest BCUT2D eigenvalue weighted by Crippen LogP contribution is 2.45. The molecule has 0 saturated carbocycles. The van der Waals surface area contributed by atoms with Crippen LogP contribution in [0, 0.1) is 13.8 Å². The Morgan fingerprint density at radius 2 is 1.22 bits per heavy atom. The zero-order valence-electron chi connectivity index (χ0n) is 25.7. The van der Waals surface area contributed by atoms with Crippen molar-refractivity contribution in [1.29, 1.82) is 0 Å². The fraction of sp³-hybridized carbons (Fsp3) is 0.385. The van der Waals surface area contributed by atoms with E-state index < -0.39 is 0 Å². The number of rotatable bonds is 11. The summed E-state index contributed by atoms with van der Waals surface area (Å²) in [6, 6.07) is 40.7. The molecule has 0 bridgehead atoms. The topological polar surface area (TPSA) is 6.48 Å². The average Bonchev–Trinajstić information content (AvgIpc) is 3.04. The predicted molar refractivity (Wildman–Crippen MR) is 175 cm³/mol. The maximum atomic E-state index is 2.75. The Bertz CT molecular complexity index is 1310. The molecule has 214 valence electrons. The van der Waals surface area contributed by atoms with Crippen LogP contribution in [0.25, 0.3) is 0 Å². The Morgan fingerprint density at radius 1 is 0.683 bits per heavy atom. The van der Waals surface area contributed by atoms with E-state index in [9.17, 15) is 0 Å². The van der Waals surface area contributed by atoms with Crippen molar-refractivity contribution >= 4 is 0 Å². The number of hydrogen-bond acceptors (Lipinski definition) is 2. The van der Waals surface area contributed by atoms with E-state index in [1.54, 1.807) is 0 Å². The van der Waals surface area contributed by atoms with Gasteiger partial charge in [-0.05, 0) is 99.2 Å². The molecule has 0 unspecified atom stereocenters. The van der Waals surface area contributed by atoms with E-state index >= 15 is 0 Å². The van der Waals surface area contributed by atoms with Crippen molar-refractivity contribution in [3.8, 4) is 0 Å². The van der Waals surface area contributed by atoms with Gasteiger partial charge in [-0.1, -0.05) is 123 Å². The lowest BCUT2D eigenvalue weighted by Crippen LogP contribution is -2.49. The van der Waals surface area contributed by atoms with Crippen LogP contribution in [0.4, 0.5) is 0 Å². The first kappa shape index (κ1) is 29.3. The molecule has 4 aromatic rings. The van der Waals surface area contributed by atoms with Crippen molar-refractivity contribution in [1.82, 2.24) is 9.80 Å². The Morgan fingerprint density at radius 3 is 1.76 bits per heavy atom. The number of aryl methyl sites for hydroxylation is 1. The van der Waals surface area contributed by atoms with Gasteiger partial charge in [0.2, 0.25) is 0 Å². The van der Waals surface area contributed by atoms with Crippen LogP contribution >= 0.6 is 0 Å². The lowest BCUT2D eigenvalue weighted by molar-refractivity contribution is 0.116. The molecule has 1 aliphatic rings.